The van der Waals surface area contributed by atoms with Crippen LogP contribution in [0.5, 0.6) is 0 Å². The number of aromatic amines is 1. The fourth-order valence-corrected chi connectivity index (χ4v) is 3.39. The molecule has 1 amide bonds. The zero-order valence-electron chi connectivity index (χ0n) is 14.5. The Morgan fingerprint density at radius 3 is 2.65 bits per heavy atom. The van der Waals surface area contributed by atoms with E-state index < -0.39 is 42.6 Å². The summed E-state index contributed by atoms with van der Waals surface area (Å²) >= 11 is 6.04. The van der Waals surface area contributed by atoms with Gasteiger partial charge in [-0.05, 0) is 20.8 Å². The van der Waals surface area contributed by atoms with Crippen molar-refractivity contribution in [2.75, 3.05) is 6.61 Å². The number of ether oxygens (including phenoxy) is 1. The fraction of sp³-hybridized carbons (Fsp3) is 0.562. The lowest BCUT2D eigenvalue weighted by Gasteiger charge is -2.32. The Bertz CT molecular complexity index is 821. The molecule has 1 saturated heterocycles. The maximum absolute atomic E-state index is 12.7. The van der Waals surface area contributed by atoms with Gasteiger partial charge >= 0.3 is 6.09 Å². The molecule has 4 unspecified atom stereocenters. The topological polar surface area (TPSA) is 132 Å². The molecule has 0 aliphatic carbocycles. The third-order valence-electron chi connectivity index (χ3n) is 4.28. The van der Waals surface area contributed by atoms with E-state index in [0.29, 0.717) is 16.6 Å². The van der Waals surface area contributed by atoms with Crippen LogP contribution in [-0.4, -0.2) is 71.7 Å². The molecular weight excluding hydrogens is 364 g/mol. The first kappa shape index (κ1) is 18.8. The van der Waals surface area contributed by atoms with Crippen molar-refractivity contribution in [2.45, 2.75) is 50.7 Å². The number of hydrogen-bond acceptors (Lipinski definition) is 7. The summed E-state index contributed by atoms with van der Waals surface area (Å²) in [4.78, 5) is 24.8. The van der Waals surface area contributed by atoms with Gasteiger partial charge in [0.05, 0.1) is 24.2 Å². The van der Waals surface area contributed by atoms with Crippen molar-refractivity contribution in [1.82, 2.24) is 19.9 Å². The third-order valence-corrected chi connectivity index (χ3v) is 4.57. The van der Waals surface area contributed by atoms with Gasteiger partial charge < -0.3 is 25.0 Å². The quantitative estimate of drug-likeness (QED) is 0.567. The number of nitrogens with zero attached hydrogens (tertiary/aromatic N) is 3. The van der Waals surface area contributed by atoms with Gasteiger partial charge in [0.25, 0.3) is 0 Å². The molecule has 0 bridgehead atoms. The summed E-state index contributed by atoms with van der Waals surface area (Å²) in [5.74, 6) is 0. The smallest absolute Gasteiger partial charge is 0.411 e. The summed E-state index contributed by atoms with van der Waals surface area (Å²) < 4.78 is 5.40. The molecule has 0 radical (unpaired) electrons. The van der Waals surface area contributed by atoms with Gasteiger partial charge in [0.2, 0.25) is 0 Å². The van der Waals surface area contributed by atoms with E-state index in [1.165, 1.54) is 6.33 Å². The number of aliphatic hydroxyl groups excluding tert-OH is 3. The second-order valence-corrected chi connectivity index (χ2v) is 7.55. The molecule has 2 aromatic heterocycles. The highest BCUT2D eigenvalue weighted by molar-refractivity contribution is 6.33. The van der Waals surface area contributed by atoms with Crippen LogP contribution < -0.4 is 0 Å². The Morgan fingerprint density at radius 2 is 2.04 bits per heavy atom. The van der Waals surface area contributed by atoms with E-state index in [-0.39, 0.29) is 5.15 Å². The molecule has 26 heavy (non-hydrogen) atoms. The van der Waals surface area contributed by atoms with Crippen molar-refractivity contribution >= 4 is 28.7 Å². The highest BCUT2D eigenvalue weighted by atomic mass is 35.5. The Labute approximate surface area is 154 Å². The standard InChI is InChI=1S/C16H21ClN4O5/c1-16(2,3)26-15(25)21-8(5-22)12(23)13(24)11(21)7-4-18-10-9(7)19-6-20-14(10)17/h4,6,8,11-13,18,22-24H,5H2,1-3H3. The van der Waals surface area contributed by atoms with Crippen LogP contribution in [0.3, 0.4) is 0 Å². The Morgan fingerprint density at radius 1 is 1.35 bits per heavy atom. The summed E-state index contributed by atoms with van der Waals surface area (Å²) in [6.45, 7) is 4.58. The number of halogens is 1. The first-order valence-corrected chi connectivity index (χ1v) is 8.49. The van der Waals surface area contributed by atoms with Crippen LogP contribution in [0.25, 0.3) is 11.0 Å². The molecule has 2 aromatic rings. The number of aromatic nitrogens is 3. The minimum Gasteiger partial charge on any atom is -0.444 e. The number of nitrogens with one attached hydrogen (secondary N) is 1. The number of H-pyrrole nitrogens is 1. The molecular formula is C16H21ClN4O5. The molecule has 1 fully saturated rings. The number of aliphatic hydroxyl groups is 3. The Kier molecular flexibility index (Phi) is 4.82. The lowest BCUT2D eigenvalue weighted by Crippen LogP contribution is -2.45. The van der Waals surface area contributed by atoms with E-state index >= 15 is 0 Å². The number of fused-ring (bicyclic) bond motifs is 1. The van der Waals surface area contributed by atoms with E-state index in [4.69, 9.17) is 16.3 Å². The summed E-state index contributed by atoms with van der Waals surface area (Å²) in [7, 11) is 0. The van der Waals surface area contributed by atoms with Crippen molar-refractivity contribution < 1.29 is 24.9 Å². The van der Waals surface area contributed by atoms with Gasteiger partial charge in [-0.3, -0.25) is 4.90 Å². The Hall–Kier alpha value is -1.94. The van der Waals surface area contributed by atoms with E-state index in [1.54, 1.807) is 27.0 Å². The number of carbonyl (C=O) groups is 1. The summed E-state index contributed by atoms with van der Waals surface area (Å²) in [6.07, 6.45) is -0.636. The minimum absolute atomic E-state index is 0.191. The van der Waals surface area contributed by atoms with Gasteiger partial charge in [0, 0.05) is 11.8 Å². The van der Waals surface area contributed by atoms with Crippen LogP contribution in [0.4, 0.5) is 4.79 Å². The number of rotatable bonds is 2. The molecule has 3 heterocycles. The molecule has 3 rings (SSSR count). The zero-order chi connectivity index (χ0) is 19.2. The van der Waals surface area contributed by atoms with Crippen molar-refractivity contribution in [3.8, 4) is 0 Å². The van der Waals surface area contributed by atoms with Crippen LogP contribution in [0.2, 0.25) is 5.15 Å². The lowest BCUT2D eigenvalue weighted by atomic mass is 10.0. The fourth-order valence-electron chi connectivity index (χ4n) is 3.20. The minimum atomic E-state index is -1.35. The zero-order valence-corrected chi connectivity index (χ0v) is 15.3. The van der Waals surface area contributed by atoms with E-state index in [2.05, 4.69) is 15.0 Å². The number of likely N-dealkylation sites (tertiary alicyclic amines) is 1. The van der Waals surface area contributed by atoms with E-state index in [1.807, 2.05) is 0 Å². The average Bonchev–Trinajstić information content (AvgIpc) is 3.07. The molecule has 0 aromatic carbocycles. The van der Waals surface area contributed by atoms with E-state index in [0.717, 1.165) is 4.90 Å². The molecule has 1 aliphatic rings. The van der Waals surface area contributed by atoms with Gasteiger partial charge in [-0.15, -0.1) is 0 Å². The molecule has 142 valence electrons. The molecule has 1 aliphatic heterocycles. The molecule has 4 atom stereocenters. The van der Waals surface area contributed by atoms with Gasteiger partial charge in [0.1, 0.15) is 29.7 Å². The highest BCUT2D eigenvalue weighted by Crippen LogP contribution is 2.40. The number of carbonyl (C=O) groups excluding carboxylic acids is 1. The molecule has 0 saturated carbocycles. The van der Waals surface area contributed by atoms with Crippen LogP contribution in [0.1, 0.15) is 32.4 Å². The lowest BCUT2D eigenvalue weighted by molar-refractivity contribution is -0.000805. The van der Waals surface area contributed by atoms with Crippen LogP contribution in [0, 0.1) is 0 Å². The second-order valence-electron chi connectivity index (χ2n) is 7.20. The second kappa shape index (κ2) is 6.66. The normalized spacial score (nSPS) is 26.5. The monoisotopic (exact) mass is 384 g/mol. The highest BCUT2D eigenvalue weighted by Gasteiger charge is 2.52. The first-order chi connectivity index (χ1) is 12.2. The van der Waals surface area contributed by atoms with E-state index in [9.17, 15) is 20.1 Å². The van der Waals surface area contributed by atoms with Crippen molar-refractivity contribution in [2.24, 2.45) is 0 Å². The van der Waals surface area contributed by atoms with Crippen LogP contribution in [-0.2, 0) is 4.74 Å². The summed E-state index contributed by atoms with van der Waals surface area (Å²) in [5, 5.41) is 30.8. The largest absolute Gasteiger partial charge is 0.444 e. The van der Waals surface area contributed by atoms with Gasteiger partial charge in [-0.2, -0.15) is 0 Å². The number of amides is 1. The van der Waals surface area contributed by atoms with Crippen molar-refractivity contribution in [3.63, 3.8) is 0 Å². The molecule has 9 nitrogen and oxygen atoms in total. The maximum Gasteiger partial charge on any atom is 0.411 e. The third kappa shape index (κ3) is 3.11. The summed E-state index contributed by atoms with van der Waals surface area (Å²) in [6, 6.07) is -2.00. The molecule has 10 heteroatoms. The van der Waals surface area contributed by atoms with Crippen molar-refractivity contribution in [3.05, 3.63) is 23.2 Å². The predicted molar refractivity (Wildman–Crippen MR) is 92.6 cm³/mol. The van der Waals surface area contributed by atoms with Gasteiger partial charge in [-0.25, -0.2) is 14.8 Å². The van der Waals surface area contributed by atoms with Gasteiger partial charge in [-0.1, -0.05) is 11.6 Å². The first-order valence-electron chi connectivity index (χ1n) is 8.11. The SMILES string of the molecule is CC(C)(C)OC(=O)N1C(CO)C(O)C(O)C1c1c[nH]c2c(Cl)ncnc12. The van der Waals surface area contributed by atoms with Gasteiger partial charge in [0.15, 0.2) is 5.15 Å². The average molecular weight is 385 g/mol. The predicted octanol–water partition coefficient (Wildman–Crippen LogP) is 0.986. The van der Waals surface area contributed by atoms with Crippen LogP contribution in [0.15, 0.2) is 12.5 Å². The van der Waals surface area contributed by atoms with Crippen molar-refractivity contribution in [1.29, 1.82) is 0 Å². The van der Waals surface area contributed by atoms with Crippen LogP contribution >= 0.6 is 11.6 Å². The molecule has 0 spiro atoms. The number of hydrogen-bond donors (Lipinski definition) is 4. The molecule has 4 N–H and O–H groups in total. The summed E-state index contributed by atoms with van der Waals surface area (Å²) in [5.41, 5.74) is 0.514. The Balaban J connectivity index is 2.09. The maximum atomic E-state index is 12.7.